The molecular formula is C18H21N3O2S. The maximum atomic E-state index is 13.2. The van der Waals surface area contributed by atoms with E-state index in [-0.39, 0.29) is 6.04 Å². The highest BCUT2D eigenvalue weighted by Gasteiger charge is 2.41. The molecule has 0 N–H and O–H groups in total. The van der Waals surface area contributed by atoms with Crippen molar-refractivity contribution in [2.24, 2.45) is 0 Å². The SMILES string of the molecule is O=S(=O)(N1CCc2ccccc2C1)N(Cc1ccccn1)C1CC1. The normalized spacial score (nSPS) is 18.5. The van der Waals surface area contributed by atoms with Gasteiger partial charge in [0.2, 0.25) is 0 Å². The Bertz CT molecular complexity index is 819. The summed E-state index contributed by atoms with van der Waals surface area (Å²) in [5, 5.41) is 0. The number of hydrogen-bond acceptors (Lipinski definition) is 3. The van der Waals surface area contributed by atoms with E-state index in [2.05, 4.69) is 11.1 Å². The number of aromatic nitrogens is 1. The molecule has 2 aliphatic rings. The Labute approximate surface area is 143 Å². The molecule has 1 fully saturated rings. The molecular weight excluding hydrogens is 322 g/mol. The molecule has 0 radical (unpaired) electrons. The average molecular weight is 343 g/mol. The molecule has 2 heterocycles. The topological polar surface area (TPSA) is 53.5 Å². The lowest BCUT2D eigenvalue weighted by atomic mass is 10.0. The number of pyridine rings is 1. The summed E-state index contributed by atoms with van der Waals surface area (Å²) in [7, 11) is -3.48. The van der Waals surface area contributed by atoms with Crippen LogP contribution in [0, 0.1) is 0 Å². The minimum atomic E-state index is -3.48. The average Bonchev–Trinajstić information content (AvgIpc) is 3.45. The van der Waals surface area contributed by atoms with Crippen molar-refractivity contribution in [1.29, 1.82) is 0 Å². The summed E-state index contributed by atoms with van der Waals surface area (Å²) in [5.41, 5.74) is 3.16. The molecule has 4 rings (SSSR count). The molecule has 126 valence electrons. The van der Waals surface area contributed by atoms with Gasteiger partial charge in [-0.25, -0.2) is 0 Å². The summed E-state index contributed by atoms with van der Waals surface area (Å²) in [6.45, 7) is 1.36. The van der Waals surface area contributed by atoms with Gasteiger partial charge in [0.05, 0.1) is 12.2 Å². The first-order valence-electron chi connectivity index (χ1n) is 8.38. The van der Waals surface area contributed by atoms with Crippen molar-refractivity contribution >= 4 is 10.2 Å². The molecule has 1 aliphatic heterocycles. The zero-order valence-corrected chi connectivity index (χ0v) is 14.3. The molecule has 1 aliphatic carbocycles. The molecule has 1 saturated carbocycles. The fraction of sp³-hybridized carbons (Fsp3) is 0.389. The van der Waals surface area contributed by atoms with Crippen molar-refractivity contribution in [2.75, 3.05) is 6.54 Å². The number of hydrogen-bond donors (Lipinski definition) is 0. The van der Waals surface area contributed by atoms with Gasteiger partial charge in [-0.1, -0.05) is 30.3 Å². The highest BCUT2D eigenvalue weighted by Crippen LogP contribution is 2.33. The van der Waals surface area contributed by atoms with Crippen molar-refractivity contribution in [3.8, 4) is 0 Å². The molecule has 0 bridgehead atoms. The van der Waals surface area contributed by atoms with Crippen LogP contribution in [0.3, 0.4) is 0 Å². The zero-order valence-electron chi connectivity index (χ0n) is 13.5. The van der Waals surface area contributed by atoms with Crippen LogP contribution >= 0.6 is 0 Å². The summed E-state index contributed by atoms with van der Waals surface area (Å²) in [6, 6.07) is 13.9. The first-order valence-corrected chi connectivity index (χ1v) is 9.78. The molecule has 0 atom stereocenters. The Morgan fingerprint density at radius 1 is 1.08 bits per heavy atom. The van der Waals surface area contributed by atoms with Gasteiger partial charge < -0.3 is 0 Å². The van der Waals surface area contributed by atoms with Gasteiger partial charge in [0, 0.05) is 25.3 Å². The van der Waals surface area contributed by atoms with Gasteiger partial charge >= 0.3 is 0 Å². The van der Waals surface area contributed by atoms with E-state index >= 15 is 0 Å². The first kappa shape index (κ1) is 15.7. The van der Waals surface area contributed by atoms with Crippen molar-refractivity contribution in [3.63, 3.8) is 0 Å². The van der Waals surface area contributed by atoms with Gasteiger partial charge in [0.15, 0.2) is 0 Å². The molecule has 1 aromatic carbocycles. The van der Waals surface area contributed by atoms with E-state index in [4.69, 9.17) is 0 Å². The Morgan fingerprint density at radius 3 is 2.54 bits per heavy atom. The number of fused-ring (bicyclic) bond motifs is 1. The Kier molecular flexibility index (Phi) is 4.12. The van der Waals surface area contributed by atoms with Gasteiger partial charge in [0.1, 0.15) is 0 Å². The van der Waals surface area contributed by atoms with Crippen LogP contribution in [0.15, 0.2) is 48.7 Å². The Hall–Kier alpha value is -1.76. The van der Waals surface area contributed by atoms with Crippen molar-refractivity contribution in [2.45, 2.75) is 38.4 Å². The van der Waals surface area contributed by atoms with Crippen LogP contribution in [0.5, 0.6) is 0 Å². The molecule has 0 unspecified atom stereocenters. The molecule has 1 aromatic heterocycles. The molecule has 0 spiro atoms. The third kappa shape index (κ3) is 3.09. The third-order valence-electron chi connectivity index (χ3n) is 4.72. The fourth-order valence-electron chi connectivity index (χ4n) is 3.23. The second kappa shape index (κ2) is 6.27. The second-order valence-electron chi connectivity index (χ2n) is 6.46. The lowest BCUT2D eigenvalue weighted by Crippen LogP contribution is -2.46. The minimum Gasteiger partial charge on any atom is -0.260 e. The van der Waals surface area contributed by atoms with E-state index in [1.54, 1.807) is 14.8 Å². The Balaban J connectivity index is 1.58. The van der Waals surface area contributed by atoms with E-state index < -0.39 is 10.2 Å². The van der Waals surface area contributed by atoms with E-state index in [9.17, 15) is 8.42 Å². The molecule has 6 heteroatoms. The standard InChI is InChI=1S/C18H21N3O2S/c22-24(23,20-12-10-15-5-1-2-6-16(15)13-20)21(18-8-9-18)14-17-7-3-4-11-19-17/h1-7,11,18H,8-10,12-14H2. The van der Waals surface area contributed by atoms with Crippen molar-refractivity contribution in [1.82, 2.24) is 13.6 Å². The smallest absolute Gasteiger partial charge is 0.260 e. The molecule has 5 nitrogen and oxygen atoms in total. The lowest BCUT2D eigenvalue weighted by Gasteiger charge is -2.33. The molecule has 0 amide bonds. The molecule has 24 heavy (non-hydrogen) atoms. The third-order valence-corrected chi connectivity index (χ3v) is 6.70. The minimum absolute atomic E-state index is 0.120. The monoisotopic (exact) mass is 343 g/mol. The molecule has 0 saturated heterocycles. The van der Waals surface area contributed by atoms with Crippen LogP contribution in [0.2, 0.25) is 0 Å². The van der Waals surface area contributed by atoms with Gasteiger partial charge in [-0.3, -0.25) is 4.98 Å². The summed E-state index contributed by atoms with van der Waals surface area (Å²) in [4.78, 5) is 4.30. The van der Waals surface area contributed by atoms with Gasteiger partial charge in [0.25, 0.3) is 10.2 Å². The number of benzene rings is 1. The summed E-state index contributed by atoms with van der Waals surface area (Å²) < 4.78 is 29.7. The summed E-state index contributed by atoms with van der Waals surface area (Å²) >= 11 is 0. The van der Waals surface area contributed by atoms with Crippen LogP contribution < -0.4 is 0 Å². The maximum Gasteiger partial charge on any atom is 0.282 e. The Morgan fingerprint density at radius 2 is 1.83 bits per heavy atom. The van der Waals surface area contributed by atoms with Crippen molar-refractivity contribution in [3.05, 3.63) is 65.5 Å². The highest BCUT2D eigenvalue weighted by molar-refractivity contribution is 7.86. The lowest BCUT2D eigenvalue weighted by molar-refractivity contribution is 0.314. The van der Waals surface area contributed by atoms with Gasteiger partial charge in [-0.2, -0.15) is 17.0 Å². The second-order valence-corrected chi connectivity index (χ2v) is 8.34. The first-order chi connectivity index (χ1) is 11.6. The molecule has 2 aromatic rings. The largest absolute Gasteiger partial charge is 0.282 e. The number of rotatable bonds is 5. The van der Waals surface area contributed by atoms with Crippen LogP contribution in [0.1, 0.15) is 29.7 Å². The number of nitrogens with zero attached hydrogens (tertiary/aromatic N) is 3. The van der Waals surface area contributed by atoms with E-state index in [1.165, 1.54) is 5.56 Å². The maximum absolute atomic E-state index is 13.2. The fourth-order valence-corrected chi connectivity index (χ4v) is 5.03. The predicted octanol–water partition coefficient (Wildman–Crippen LogP) is 2.35. The van der Waals surface area contributed by atoms with E-state index in [0.717, 1.165) is 30.5 Å². The quantitative estimate of drug-likeness (QED) is 0.837. The van der Waals surface area contributed by atoms with Crippen LogP contribution in [-0.2, 0) is 29.7 Å². The van der Waals surface area contributed by atoms with E-state index in [1.807, 2.05) is 36.4 Å². The zero-order chi connectivity index (χ0) is 16.6. The van der Waals surface area contributed by atoms with E-state index in [0.29, 0.717) is 19.6 Å². The highest BCUT2D eigenvalue weighted by atomic mass is 32.2. The van der Waals surface area contributed by atoms with Crippen LogP contribution in [0.25, 0.3) is 0 Å². The summed E-state index contributed by atoms with van der Waals surface area (Å²) in [6.07, 6.45) is 4.37. The van der Waals surface area contributed by atoms with Crippen LogP contribution in [-0.4, -0.2) is 34.6 Å². The van der Waals surface area contributed by atoms with Gasteiger partial charge in [-0.15, -0.1) is 0 Å². The van der Waals surface area contributed by atoms with Crippen molar-refractivity contribution < 1.29 is 8.42 Å². The predicted molar refractivity (Wildman–Crippen MR) is 92.3 cm³/mol. The van der Waals surface area contributed by atoms with Crippen LogP contribution in [0.4, 0.5) is 0 Å². The summed E-state index contributed by atoms with van der Waals surface area (Å²) in [5.74, 6) is 0. The van der Waals surface area contributed by atoms with Gasteiger partial charge in [-0.05, 0) is 42.5 Å².